The van der Waals surface area contributed by atoms with Crippen LogP contribution in [0.2, 0.25) is 0 Å². The van der Waals surface area contributed by atoms with E-state index in [1.165, 1.54) is 5.56 Å². The topological polar surface area (TPSA) is 87.4 Å². The molecule has 6 heteroatoms. The summed E-state index contributed by atoms with van der Waals surface area (Å²) in [5, 5.41) is 22.3. The maximum atomic E-state index is 11.8. The Hall–Kier alpha value is -3.40. The van der Waals surface area contributed by atoms with Gasteiger partial charge in [-0.1, -0.05) is 48.2 Å². The van der Waals surface area contributed by atoms with Gasteiger partial charge in [0.1, 0.15) is 18.0 Å². The zero-order chi connectivity index (χ0) is 22.7. The van der Waals surface area contributed by atoms with Crippen molar-refractivity contribution in [3.05, 3.63) is 77.9 Å². The number of aliphatic hydroxyl groups is 2. The quantitative estimate of drug-likeness (QED) is 0.526. The number of imidazole rings is 1. The van der Waals surface area contributed by atoms with Crippen LogP contribution in [0.1, 0.15) is 48.4 Å². The third kappa shape index (κ3) is 4.59. The summed E-state index contributed by atoms with van der Waals surface area (Å²) in [6, 6.07) is 15.9. The summed E-state index contributed by atoms with van der Waals surface area (Å²) in [4.78, 5) is 15.9. The van der Waals surface area contributed by atoms with Crippen molar-refractivity contribution in [2.45, 2.75) is 31.4 Å². The number of carbonyl (C=O) groups excluding carboxylic acids is 1. The molecule has 1 aliphatic rings. The lowest BCUT2D eigenvalue weighted by Gasteiger charge is -2.14. The van der Waals surface area contributed by atoms with Crippen LogP contribution in [0, 0.1) is 17.8 Å². The molecular weight excluding hydrogens is 402 g/mol. The van der Waals surface area contributed by atoms with E-state index < -0.39 is 12.1 Å². The lowest BCUT2D eigenvalue weighted by atomic mass is 10.0. The molecule has 0 bridgehead atoms. The van der Waals surface area contributed by atoms with Crippen molar-refractivity contribution in [1.82, 2.24) is 14.9 Å². The van der Waals surface area contributed by atoms with Crippen molar-refractivity contribution in [2.75, 3.05) is 13.7 Å². The first-order valence-electron chi connectivity index (χ1n) is 10.8. The van der Waals surface area contributed by atoms with E-state index in [0.717, 1.165) is 23.1 Å². The number of amides is 1. The number of hydrogen-bond donors (Lipinski definition) is 3. The molecule has 1 heterocycles. The lowest BCUT2D eigenvalue weighted by molar-refractivity contribution is -0.121. The Balaban J connectivity index is 1.45. The summed E-state index contributed by atoms with van der Waals surface area (Å²) < 4.78 is 1.70. The van der Waals surface area contributed by atoms with Crippen molar-refractivity contribution < 1.29 is 15.0 Å². The summed E-state index contributed by atoms with van der Waals surface area (Å²) in [7, 11) is 1.68. The van der Waals surface area contributed by atoms with E-state index in [0.29, 0.717) is 11.7 Å². The second-order valence-corrected chi connectivity index (χ2v) is 8.10. The fraction of sp³-hybridized carbons (Fsp3) is 0.308. The standard InChI is InChI=1S/C26H27N3O3/c1-17(31)25-28-13-14-29(25)22(16-30)12-5-18-3-6-19(7-4-18)20-8-10-21(11-9-20)23-15-24(23)26(32)27-2/h3-4,6-11,13-14,17,22-24,30-31H,15-16H2,1-2H3,(H,27,32)/t17-,22-,23+,24-/m0/s1. The molecule has 1 fully saturated rings. The smallest absolute Gasteiger partial charge is 0.223 e. The van der Waals surface area contributed by atoms with Crippen LogP contribution in [-0.4, -0.2) is 39.3 Å². The summed E-state index contributed by atoms with van der Waals surface area (Å²) in [6.07, 6.45) is 3.48. The maximum absolute atomic E-state index is 11.8. The van der Waals surface area contributed by atoms with E-state index in [9.17, 15) is 15.0 Å². The molecule has 1 saturated carbocycles. The fourth-order valence-electron chi connectivity index (χ4n) is 3.99. The zero-order valence-electron chi connectivity index (χ0n) is 18.2. The first-order valence-corrected chi connectivity index (χ1v) is 10.8. The minimum atomic E-state index is -0.735. The molecule has 3 N–H and O–H groups in total. The average molecular weight is 430 g/mol. The summed E-state index contributed by atoms with van der Waals surface area (Å²) in [5.41, 5.74) is 4.24. The van der Waals surface area contributed by atoms with Gasteiger partial charge in [-0.05, 0) is 48.1 Å². The number of aliphatic hydroxyl groups excluding tert-OH is 2. The van der Waals surface area contributed by atoms with Gasteiger partial charge in [-0.15, -0.1) is 0 Å². The SMILES string of the molecule is CNC(=O)[C@H]1C[C@@H]1c1ccc(-c2ccc(C#C[C@@H](CO)n3ccnc3[C@H](C)O)cc2)cc1. The van der Waals surface area contributed by atoms with Crippen LogP contribution in [0.3, 0.4) is 0 Å². The van der Waals surface area contributed by atoms with Gasteiger partial charge in [-0.2, -0.15) is 0 Å². The van der Waals surface area contributed by atoms with Crippen LogP contribution in [-0.2, 0) is 4.79 Å². The molecule has 0 radical (unpaired) electrons. The number of carbonyl (C=O) groups is 1. The molecule has 4 atom stereocenters. The van der Waals surface area contributed by atoms with Crippen LogP contribution in [0.4, 0.5) is 0 Å². The summed E-state index contributed by atoms with van der Waals surface area (Å²) in [6.45, 7) is 1.46. The Morgan fingerprint density at radius 1 is 1.19 bits per heavy atom. The molecule has 1 aromatic heterocycles. The second kappa shape index (κ2) is 9.39. The fourth-order valence-corrected chi connectivity index (χ4v) is 3.99. The lowest BCUT2D eigenvalue weighted by Crippen LogP contribution is -2.20. The van der Waals surface area contributed by atoms with Gasteiger partial charge in [0.05, 0.1) is 6.61 Å². The van der Waals surface area contributed by atoms with Gasteiger partial charge in [0, 0.05) is 30.9 Å². The van der Waals surface area contributed by atoms with Crippen molar-refractivity contribution >= 4 is 5.91 Å². The first kappa shape index (κ1) is 21.8. The molecule has 32 heavy (non-hydrogen) atoms. The normalized spacial score (nSPS) is 18.9. The third-order valence-corrected chi connectivity index (χ3v) is 5.89. The van der Waals surface area contributed by atoms with Crippen LogP contribution in [0.5, 0.6) is 0 Å². The van der Waals surface area contributed by atoms with E-state index in [4.69, 9.17) is 0 Å². The predicted octanol–water partition coefficient (Wildman–Crippen LogP) is 3.04. The number of rotatable bonds is 6. The molecule has 1 amide bonds. The molecule has 0 unspecified atom stereocenters. The highest BCUT2D eigenvalue weighted by molar-refractivity contribution is 5.82. The summed E-state index contributed by atoms with van der Waals surface area (Å²) >= 11 is 0. The van der Waals surface area contributed by atoms with E-state index in [2.05, 4.69) is 46.4 Å². The zero-order valence-corrected chi connectivity index (χ0v) is 18.2. The minimum Gasteiger partial charge on any atom is -0.393 e. The van der Waals surface area contributed by atoms with Gasteiger partial charge in [0.2, 0.25) is 5.91 Å². The highest BCUT2D eigenvalue weighted by Crippen LogP contribution is 2.47. The molecule has 164 valence electrons. The van der Waals surface area contributed by atoms with Crippen molar-refractivity contribution in [3.63, 3.8) is 0 Å². The third-order valence-electron chi connectivity index (χ3n) is 5.89. The minimum absolute atomic E-state index is 0.102. The first-order chi connectivity index (χ1) is 15.5. The maximum Gasteiger partial charge on any atom is 0.223 e. The molecule has 1 aliphatic carbocycles. The van der Waals surface area contributed by atoms with Gasteiger partial charge in [-0.25, -0.2) is 4.98 Å². The van der Waals surface area contributed by atoms with Crippen LogP contribution >= 0.6 is 0 Å². The monoisotopic (exact) mass is 429 g/mol. The Morgan fingerprint density at radius 2 is 1.84 bits per heavy atom. The van der Waals surface area contributed by atoms with Crippen molar-refractivity contribution in [1.29, 1.82) is 0 Å². The van der Waals surface area contributed by atoms with Gasteiger partial charge in [0.25, 0.3) is 0 Å². The molecule has 6 nitrogen and oxygen atoms in total. The van der Waals surface area contributed by atoms with E-state index in [-0.39, 0.29) is 18.4 Å². The Kier molecular flexibility index (Phi) is 6.40. The van der Waals surface area contributed by atoms with E-state index >= 15 is 0 Å². The van der Waals surface area contributed by atoms with Crippen LogP contribution in [0.25, 0.3) is 11.1 Å². The van der Waals surface area contributed by atoms with Crippen LogP contribution in [0.15, 0.2) is 60.9 Å². The Labute approximate surface area is 187 Å². The van der Waals surface area contributed by atoms with Crippen LogP contribution < -0.4 is 5.32 Å². The molecule has 0 aliphatic heterocycles. The van der Waals surface area contributed by atoms with Crippen molar-refractivity contribution in [3.8, 4) is 23.0 Å². The molecule has 0 saturated heterocycles. The van der Waals surface area contributed by atoms with Gasteiger partial charge in [0.15, 0.2) is 0 Å². The van der Waals surface area contributed by atoms with Crippen molar-refractivity contribution in [2.24, 2.45) is 5.92 Å². The second-order valence-electron chi connectivity index (χ2n) is 8.10. The van der Waals surface area contributed by atoms with Gasteiger partial charge >= 0.3 is 0 Å². The number of benzene rings is 2. The molecule has 0 spiro atoms. The largest absolute Gasteiger partial charge is 0.393 e. The molecular formula is C26H27N3O3. The Morgan fingerprint density at radius 3 is 2.44 bits per heavy atom. The van der Waals surface area contributed by atoms with E-state index in [1.807, 2.05) is 24.3 Å². The number of nitrogens with one attached hydrogen (secondary N) is 1. The molecule has 2 aromatic carbocycles. The van der Waals surface area contributed by atoms with Gasteiger partial charge in [-0.3, -0.25) is 4.79 Å². The predicted molar refractivity (Wildman–Crippen MR) is 123 cm³/mol. The van der Waals surface area contributed by atoms with Gasteiger partial charge < -0.3 is 20.1 Å². The summed E-state index contributed by atoms with van der Waals surface area (Å²) in [5.74, 6) is 7.19. The highest BCUT2D eigenvalue weighted by atomic mass is 16.3. The number of hydrogen-bond acceptors (Lipinski definition) is 4. The number of nitrogens with zero attached hydrogens (tertiary/aromatic N) is 2. The Bertz CT molecular complexity index is 1140. The van der Waals surface area contributed by atoms with E-state index in [1.54, 1.807) is 30.9 Å². The molecule has 3 aromatic rings. The number of aromatic nitrogens is 2. The average Bonchev–Trinajstić information content (AvgIpc) is 3.47. The highest BCUT2D eigenvalue weighted by Gasteiger charge is 2.43. The molecule has 4 rings (SSSR count).